The summed E-state index contributed by atoms with van der Waals surface area (Å²) in [7, 11) is -1.39. The minimum absolute atomic E-state index is 0.921. The second kappa shape index (κ2) is 3.48. The first-order valence-electron chi connectivity index (χ1n) is 1.23. The largest absolute Gasteiger partial charge is 0.405 e. The van der Waals surface area contributed by atoms with E-state index in [0.29, 0.717) is 0 Å². The Kier molecular flexibility index (Phi) is 4.38. The molecule has 0 rings (SSSR count). The van der Waals surface area contributed by atoms with Crippen LogP contribution in [0.15, 0.2) is 0 Å². The molecule has 0 fully saturated rings. The van der Waals surface area contributed by atoms with Gasteiger partial charge in [0.2, 0.25) is 0 Å². The zero-order chi connectivity index (χ0) is 4.28. The summed E-state index contributed by atoms with van der Waals surface area (Å²) < 4.78 is 2.84. The lowest BCUT2D eigenvalue weighted by molar-refractivity contribution is 1.65. The molecule has 0 aliphatic carbocycles. The minimum Gasteiger partial charge on any atom is -0.405 e. The van der Waals surface area contributed by atoms with Crippen molar-refractivity contribution < 1.29 is 0 Å². The summed E-state index contributed by atoms with van der Waals surface area (Å²) in [5.74, 6) is 0. The van der Waals surface area contributed by atoms with Crippen molar-refractivity contribution in [3.8, 4) is 0 Å². The van der Waals surface area contributed by atoms with Gasteiger partial charge in [0.05, 0.1) is 0 Å². The second-order valence-electron chi connectivity index (χ2n) is 0.589. The molecule has 0 saturated carbocycles. The van der Waals surface area contributed by atoms with E-state index < -0.39 is 7.58 Å². The smallest absolute Gasteiger partial charge is 0.313 e. The summed E-state index contributed by atoms with van der Waals surface area (Å²) >= 11 is 11.5. The van der Waals surface area contributed by atoms with Crippen molar-refractivity contribution in [1.82, 2.24) is 3.97 Å². The minimum atomic E-state index is -1.39. The average molecular weight is 144 g/mol. The molecule has 0 aromatic carbocycles. The van der Waals surface area contributed by atoms with Crippen LogP contribution in [0.1, 0.15) is 0 Å². The van der Waals surface area contributed by atoms with Crippen LogP contribution in [-0.2, 0) is 0 Å². The van der Waals surface area contributed by atoms with Gasteiger partial charge in [-0.25, -0.2) is 0 Å². The summed E-state index contributed by atoms with van der Waals surface area (Å²) in [6.45, 7) is 0. The summed E-state index contributed by atoms with van der Waals surface area (Å²) in [6, 6.07) is 0. The van der Waals surface area contributed by atoms with Crippen LogP contribution in [0.3, 0.4) is 0 Å². The normalized spacial score (nSPS) is 9.40. The first-order valence-corrected chi connectivity index (χ1v) is 6.29. The molecule has 0 heterocycles. The summed E-state index contributed by atoms with van der Waals surface area (Å²) in [4.78, 5) is 0. The van der Waals surface area contributed by atoms with Gasteiger partial charge in [-0.1, -0.05) is 0 Å². The van der Waals surface area contributed by atoms with Gasteiger partial charge in [-0.2, -0.15) is 0 Å². The molecule has 0 atom stereocenters. The molecule has 0 aromatic rings. The van der Waals surface area contributed by atoms with Gasteiger partial charge < -0.3 is 3.97 Å². The molecule has 0 unspecified atom stereocenters. The molecular formula is H4AlCl2NSi. The predicted molar refractivity (Wildman–Crippen MR) is 30.5 cm³/mol. The van der Waals surface area contributed by atoms with E-state index in [-0.39, 0.29) is 0 Å². The molecule has 5 heteroatoms. The van der Waals surface area contributed by atoms with Gasteiger partial charge in [0.15, 0.2) is 0 Å². The third-order valence-electron chi connectivity index (χ3n) is 0.218. The molecule has 0 spiro atoms. The zero-order valence-electron chi connectivity index (χ0n) is 2.83. The second-order valence-corrected chi connectivity index (χ2v) is 6.79. The lowest BCUT2D eigenvalue weighted by Crippen LogP contribution is -2.18. The van der Waals surface area contributed by atoms with Gasteiger partial charge in [-0.3, -0.25) is 0 Å². The Hall–Kier alpha value is 1.29. The highest BCUT2D eigenvalue weighted by Gasteiger charge is 1.89. The van der Waals surface area contributed by atoms with E-state index in [0.717, 1.165) is 16.5 Å². The fourth-order valence-corrected chi connectivity index (χ4v) is 0. The highest BCUT2D eigenvalue weighted by molar-refractivity contribution is 7.33. The quantitative estimate of drug-likeness (QED) is 0.379. The van der Waals surface area contributed by atoms with Crippen LogP contribution in [-0.4, -0.2) is 24.1 Å². The molecule has 30 valence electrons. The van der Waals surface area contributed by atoms with Crippen LogP contribution < -0.4 is 3.97 Å². The Labute approximate surface area is 50.4 Å². The van der Waals surface area contributed by atoms with Crippen LogP contribution in [0.25, 0.3) is 0 Å². The average Bonchev–Trinajstić information content (AvgIpc) is 1.38. The number of nitrogens with one attached hydrogen (secondary N) is 1. The van der Waals surface area contributed by atoms with Gasteiger partial charge in [0.1, 0.15) is 0 Å². The van der Waals surface area contributed by atoms with Crippen LogP contribution in [0.2, 0.25) is 0 Å². The highest BCUT2D eigenvalue weighted by atomic mass is 35.7. The third-order valence-corrected chi connectivity index (χ3v) is 5.89. The zero-order valence-corrected chi connectivity index (χ0v) is 7.50. The van der Waals surface area contributed by atoms with Crippen LogP contribution in [0, 0.1) is 0 Å². The van der Waals surface area contributed by atoms with Gasteiger partial charge in [0.25, 0.3) is 7.58 Å². The molecule has 5 heavy (non-hydrogen) atoms. The van der Waals surface area contributed by atoms with E-state index in [4.69, 9.17) is 22.2 Å². The Balaban J connectivity index is 2.54. The van der Waals surface area contributed by atoms with Gasteiger partial charge in [0, 0.05) is 0 Å². The highest BCUT2D eigenvalue weighted by Crippen LogP contribution is 1.84. The predicted octanol–water partition coefficient (Wildman–Crippen LogP) is -0.681. The summed E-state index contributed by atoms with van der Waals surface area (Å²) in [6.07, 6.45) is 0. The van der Waals surface area contributed by atoms with Crippen LogP contribution in [0.4, 0.5) is 0 Å². The Morgan fingerprint density at radius 1 is 1.60 bits per heavy atom. The van der Waals surface area contributed by atoms with Crippen molar-refractivity contribution in [3.63, 3.8) is 0 Å². The van der Waals surface area contributed by atoms with E-state index in [2.05, 4.69) is 3.97 Å². The first kappa shape index (κ1) is 6.29. The molecule has 0 aliphatic rings. The van der Waals surface area contributed by atoms with Crippen molar-refractivity contribution >= 4 is 46.2 Å². The summed E-state index contributed by atoms with van der Waals surface area (Å²) in [5, 5.41) is 0. The molecule has 0 aromatic heterocycles. The molecule has 0 radical (unpaired) electrons. The van der Waals surface area contributed by atoms with Crippen molar-refractivity contribution in [2.24, 2.45) is 0 Å². The first-order chi connectivity index (χ1) is 2.27. The Morgan fingerprint density at radius 3 is 1.80 bits per heavy atom. The number of rotatable bonds is 1. The van der Waals surface area contributed by atoms with E-state index in [1.165, 1.54) is 0 Å². The van der Waals surface area contributed by atoms with Crippen molar-refractivity contribution in [2.45, 2.75) is 0 Å². The van der Waals surface area contributed by atoms with E-state index in [9.17, 15) is 0 Å². The number of hydrogen-bond donors (Lipinski definition) is 1. The third kappa shape index (κ3) is 5.29. The van der Waals surface area contributed by atoms with Gasteiger partial charge >= 0.3 is 16.5 Å². The van der Waals surface area contributed by atoms with Crippen LogP contribution >= 0.6 is 22.2 Å². The van der Waals surface area contributed by atoms with Crippen molar-refractivity contribution in [3.05, 3.63) is 0 Å². The number of hydrogen-bond acceptors (Lipinski definition) is 1. The van der Waals surface area contributed by atoms with Crippen molar-refractivity contribution in [2.75, 3.05) is 0 Å². The lowest BCUT2D eigenvalue weighted by Gasteiger charge is -1.86. The molecule has 0 aliphatic heterocycles. The fraction of sp³-hybridized carbons (Fsp3) is 0. The molecule has 0 saturated heterocycles. The lowest BCUT2D eigenvalue weighted by atomic mass is 13.9. The molecule has 1 nitrogen and oxygen atoms in total. The van der Waals surface area contributed by atoms with Gasteiger partial charge in [-0.15, -0.1) is 22.2 Å². The molecule has 1 N–H and O–H groups in total. The maximum absolute atomic E-state index is 5.29. The maximum Gasteiger partial charge on any atom is 0.313 e. The monoisotopic (exact) mass is 143 g/mol. The van der Waals surface area contributed by atoms with Crippen molar-refractivity contribution in [1.29, 1.82) is 0 Å². The molecule has 0 bridgehead atoms. The SMILES string of the molecule is [AlH2][NH][SiH](Cl)Cl. The van der Waals surface area contributed by atoms with Crippen LogP contribution in [0.5, 0.6) is 0 Å². The Morgan fingerprint density at radius 2 is 1.80 bits per heavy atom. The molecular weight excluding hydrogens is 140 g/mol. The van der Waals surface area contributed by atoms with E-state index >= 15 is 0 Å². The van der Waals surface area contributed by atoms with E-state index in [1.807, 2.05) is 0 Å². The molecule has 0 amide bonds. The van der Waals surface area contributed by atoms with E-state index in [1.54, 1.807) is 0 Å². The topological polar surface area (TPSA) is 12.0 Å². The maximum atomic E-state index is 5.29. The summed E-state index contributed by atoms with van der Waals surface area (Å²) in [5.41, 5.74) is 0. The fourth-order valence-electron chi connectivity index (χ4n) is 0. The number of halogens is 2. The van der Waals surface area contributed by atoms with Gasteiger partial charge in [-0.05, 0) is 0 Å². The Bertz CT molecular complexity index is 23.6. The standard InChI is InChI=1S/Al.Cl2H2NSi.2H/c;1-4(2)3;;/h;3-4H;;/q+1;-1;;.